The van der Waals surface area contributed by atoms with E-state index in [2.05, 4.69) is 39.2 Å². The van der Waals surface area contributed by atoms with Crippen molar-refractivity contribution in [2.75, 3.05) is 13.2 Å². The molecule has 0 bridgehead atoms. The number of halogens is 4. The van der Waals surface area contributed by atoms with Gasteiger partial charge in [-0.1, -0.05) is 19.4 Å². The quantitative estimate of drug-likeness (QED) is 0.295. The lowest BCUT2D eigenvalue weighted by Gasteiger charge is -2.19. The van der Waals surface area contributed by atoms with E-state index in [0.29, 0.717) is 28.0 Å². The third kappa shape index (κ3) is 5.26. The van der Waals surface area contributed by atoms with Crippen molar-refractivity contribution in [1.82, 2.24) is 20.2 Å². The Balaban J connectivity index is 1.80. The molecule has 1 aromatic carbocycles. The molecule has 6 nitrogen and oxygen atoms in total. The van der Waals surface area contributed by atoms with E-state index in [-0.39, 0.29) is 5.88 Å². The fraction of sp³-hybridized carbons (Fsp3) is 0.304. The lowest BCUT2D eigenvalue weighted by atomic mass is 10.0. The maximum atomic E-state index is 13.5. The van der Waals surface area contributed by atoms with Crippen LogP contribution in [0.2, 0.25) is 0 Å². The van der Waals surface area contributed by atoms with Crippen molar-refractivity contribution in [3.05, 3.63) is 59.6 Å². The van der Waals surface area contributed by atoms with Crippen LogP contribution in [0.1, 0.15) is 25.3 Å². The van der Waals surface area contributed by atoms with Gasteiger partial charge in [0.1, 0.15) is 17.2 Å². The van der Waals surface area contributed by atoms with E-state index in [9.17, 15) is 17.6 Å². The van der Waals surface area contributed by atoms with E-state index in [1.54, 1.807) is 24.3 Å². The molecule has 172 valence electrons. The van der Waals surface area contributed by atoms with Crippen LogP contribution in [0.15, 0.2) is 53.2 Å². The van der Waals surface area contributed by atoms with Gasteiger partial charge in [-0.2, -0.15) is 27.8 Å². The van der Waals surface area contributed by atoms with Gasteiger partial charge in [-0.15, -0.1) is 0 Å². The number of fused-ring (bicyclic) bond motifs is 1. The minimum absolute atomic E-state index is 0.0777. The first-order valence-corrected chi connectivity index (χ1v) is 10.4. The highest BCUT2D eigenvalue weighted by molar-refractivity contribution is 5.90. The molecular formula is C23H21F4N5O. The summed E-state index contributed by atoms with van der Waals surface area (Å²) in [4.78, 5) is 4.20. The maximum absolute atomic E-state index is 13.5. The molecule has 0 saturated carbocycles. The molecule has 0 amide bonds. The molecule has 3 heterocycles. The van der Waals surface area contributed by atoms with Gasteiger partial charge in [-0.3, -0.25) is 5.32 Å². The van der Waals surface area contributed by atoms with E-state index in [1.165, 1.54) is 22.7 Å². The Labute approximate surface area is 187 Å². The van der Waals surface area contributed by atoms with E-state index in [0.717, 1.165) is 19.4 Å². The Morgan fingerprint density at radius 2 is 1.97 bits per heavy atom. The van der Waals surface area contributed by atoms with Crippen molar-refractivity contribution in [2.24, 2.45) is 4.99 Å². The van der Waals surface area contributed by atoms with Crippen molar-refractivity contribution >= 4 is 17.1 Å². The Kier molecular flexibility index (Phi) is 6.51. The molecule has 1 atom stereocenters. The summed E-state index contributed by atoms with van der Waals surface area (Å²) >= 11 is 0. The zero-order valence-corrected chi connectivity index (χ0v) is 17.7. The fourth-order valence-corrected chi connectivity index (χ4v) is 3.37. The molecule has 10 heteroatoms. The monoisotopic (exact) mass is 459 g/mol. The molecular weight excluding hydrogens is 438 g/mol. The highest BCUT2D eigenvalue weighted by atomic mass is 19.4. The van der Waals surface area contributed by atoms with E-state index >= 15 is 0 Å². The first-order chi connectivity index (χ1) is 15.9. The Morgan fingerprint density at radius 1 is 1.18 bits per heavy atom. The molecule has 0 fully saturated rings. The molecule has 0 radical (unpaired) electrons. The number of aliphatic imine (C=N–C) groups is 1. The molecule has 33 heavy (non-hydrogen) atoms. The average molecular weight is 459 g/mol. The summed E-state index contributed by atoms with van der Waals surface area (Å²) < 4.78 is 58.1. The molecule has 4 rings (SSSR count). The van der Waals surface area contributed by atoms with Gasteiger partial charge in [-0.25, -0.2) is 4.39 Å². The number of unbranched alkanes of at least 4 members (excludes halogenated alkanes) is 1. The van der Waals surface area contributed by atoms with Crippen molar-refractivity contribution in [3.8, 4) is 17.1 Å². The van der Waals surface area contributed by atoms with Crippen LogP contribution in [-0.4, -0.2) is 41.1 Å². The standard InChI is InChI=1S/C23H21F4N5O/c1-2-3-12-28-22-29-13-11-17(30-22)20-18-5-4-6-19(33-14-23(25,26)27)32(18)31-21(20)15-7-9-16(24)10-8-15/h4-10,22,28,30H,2-3,12,14H2,1H3. The summed E-state index contributed by atoms with van der Waals surface area (Å²) in [6, 6.07) is 10.4. The van der Waals surface area contributed by atoms with Gasteiger partial charge in [0.25, 0.3) is 0 Å². The van der Waals surface area contributed by atoms with Crippen LogP contribution in [0, 0.1) is 5.82 Å². The van der Waals surface area contributed by atoms with Crippen LogP contribution in [0.3, 0.4) is 0 Å². The second kappa shape index (κ2) is 9.50. The highest BCUT2D eigenvalue weighted by Crippen LogP contribution is 2.33. The molecule has 2 aromatic heterocycles. The predicted molar refractivity (Wildman–Crippen MR) is 116 cm³/mol. The van der Waals surface area contributed by atoms with E-state index in [1.807, 2.05) is 0 Å². The first-order valence-electron chi connectivity index (χ1n) is 10.4. The average Bonchev–Trinajstić information content (AvgIpc) is 3.18. The Hall–Kier alpha value is -3.58. The molecule has 1 unspecified atom stereocenters. The van der Waals surface area contributed by atoms with Gasteiger partial charge >= 0.3 is 6.18 Å². The van der Waals surface area contributed by atoms with Crippen LogP contribution >= 0.6 is 0 Å². The molecule has 1 aliphatic rings. The number of nitrogens with one attached hydrogen (secondary N) is 2. The summed E-state index contributed by atoms with van der Waals surface area (Å²) in [6.45, 7) is 1.36. The summed E-state index contributed by atoms with van der Waals surface area (Å²) in [5, 5.41) is 11.0. The number of hydrogen-bond donors (Lipinski definition) is 2. The lowest BCUT2D eigenvalue weighted by Crippen LogP contribution is -2.41. The number of pyridine rings is 1. The summed E-state index contributed by atoms with van der Waals surface area (Å²) in [6.07, 6.45) is -2.96. The van der Waals surface area contributed by atoms with Crippen molar-refractivity contribution in [2.45, 2.75) is 32.2 Å². The van der Waals surface area contributed by atoms with Crippen LogP contribution in [0.5, 0.6) is 5.88 Å². The number of alkyl halides is 3. The van der Waals surface area contributed by atoms with E-state index < -0.39 is 24.9 Å². The normalized spacial score (nSPS) is 15.5. The molecule has 0 saturated heterocycles. The SMILES string of the molecule is CCCCNC1N=C=C=C(c2c(-c3ccc(F)cc3)nn3c(OCC(F)(F)F)cccc23)N1. The number of benzene rings is 1. The van der Waals surface area contributed by atoms with Crippen LogP contribution in [-0.2, 0) is 0 Å². The number of nitrogens with zero attached hydrogens (tertiary/aromatic N) is 3. The van der Waals surface area contributed by atoms with Gasteiger partial charge < -0.3 is 10.1 Å². The first kappa shape index (κ1) is 22.6. The Morgan fingerprint density at radius 3 is 2.70 bits per heavy atom. The zero-order chi connectivity index (χ0) is 23.4. The minimum Gasteiger partial charge on any atom is -0.468 e. The summed E-state index contributed by atoms with van der Waals surface area (Å²) in [5.41, 5.74) is 5.47. The fourth-order valence-electron chi connectivity index (χ4n) is 3.37. The van der Waals surface area contributed by atoms with Crippen LogP contribution in [0.25, 0.3) is 22.5 Å². The Bertz CT molecular complexity index is 1240. The van der Waals surface area contributed by atoms with Crippen molar-refractivity contribution in [1.29, 1.82) is 0 Å². The zero-order valence-electron chi connectivity index (χ0n) is 17.7. The predicted octanol–water partition coefficient (Wildman–Crippen LogP) is 4.52. The largest absolute Gasteiger partial charge is 0.468 e. The maximum Gasteiger partial charge on any atom is 0.422 e. The van der Waals surface area contributed by atoms with Crippen molar-refractivity contribution in [3.63, 3.8) is 0 Å². The van der Waals surface area contributed by atoms with Gasteiger partial charge in [0.2, 0.25) is 5.88 Å². The number of aromatic nitrogens is 2. The minimum atomic E-state index is -4.50. The lowest BCUT2D eigenvalue weighted by molar-refractivity contribution is -0.154. The highest BCUT2D eigenvalue weighted by Gasteiger charge is 2.29. The molecule has 0 spiro atoms. The van der Waals surface area contributed by atoms with Crippen LogP contribution in [0.4, 0.5) is 17.6 Å². The molecule has 0 aliphatic carbocycles. The molecule has 3 aromatic rings. The number of hydrogen-bond acceptors (Lipinski definition) is 5. The smallest absolute Gasteiger partial charge is 0.422 e. The van der Waals surface area contributed by atoms with Gasteiger partial charge in [0.15, 0.2) is 12.9 Å². The third-order valence-electron chi connectivity index (χ3n) is 4.90. The molecule has 1 aliphatic heterocycles. The second-order valence-corrected chi connectivity index (χ2v) is 7.39. The van der Waals surface area contributed by atoms with Crippen LogP contribution < -0.4 is 15.4 Å². The second-order valence-electron chi connectivity index (χ2n) is 7.39. The van der Waals surface area contributed by atoms with Gasteiger partial charge in [0, 0.05) is 17.5 Å². The van der Waals surface area contributed by atoms with E-state index in [4.69, 9.17) is 4.74 Å². The van der Waals surface area contributed by atoms with Gasteiger partial charge in [0.05, 0.1) is 11.1 Å². The number of rotatable bonds is 8. The van der Waals surface area contributed by atoms with Gasteiger partial charge in [-0.05, 0) is 49.0 Å². The summed E-state index contributed by atoms with van der Waals surface area (Å²) in [5.74, 6) is 2.25. The van der Waals surface area contributed by atoms with Crippen molar-refractivity contribution < 1.29 is 22.3 Å². The third-order valence-corrected chi connectivity index (χ3v) is 4.90. The molecule has 2 N–H and O–H groups in total. The summed E-state index contributed by atoms with van der Waals surface area (Å²) in [7, 11) is 0. The topological polar surface area (TPSA) is 63.0 Å². The number of ether oxygens (including phenoxy) is 1.